The van der Waals surface area contributed by atoms with Crippen LogP contribution in [0.5, 0.6) is 11.8 Å². The Balaban J connectivity index is 1.89. The van der Waals surface area contributed by atoms with Crippen LogP contribution in [0.1, 0.15) is 30.1 Å². The minimum atomic E-state index is -0.319. The van der Waals surface area contributed by atoms with Crippen LogP contribution < -0.4 is 9.47 Å². The van der Waals surface area contributed by atoms with Crippen molar-refractivity contribution in [3.05, 3.63) is 59.1 Å². The first-order valence-corrected chi connectivity index (χ1v) is 9.04. The van der Waals surface area contributed by atoms with Crippen LogP contribution in [-0.2, 0) is 0 Å². The zero-order chi connectivity index (χ0) is 19.2. The molecule has 0 unspecified atom stereocenters. The van der Waals surface area contributed by atoms with E-state index in [1.807, 2.05) is 6.07 Å². The minimum absolute atomic E-state index is 0.109. The number of aromatic nitrogens is 3. The van der Waals surface area contributed by atoms with E-state index in [9.17, 15) is 4.79 Å². The van der Waals surface area contributed by atoms with E-state index in [1.165, 1.54) is 11.8 Å². The lowest BCUT2D eigenvalue weighted by Crippen LogP contribution is -2.15. The number of ether oxygens (including phenoxy) is 2. The number of benzene rings is 2. The molecule has 1 heterocycles. The molecule has 0 atom stereocenters. The van der Waals surface area contributed by atoms with Gasteiger partial charge in [0, 0.05) is 16.1 Å². The van der Waals surface area contributed by atoms with Gasteiger partial charge in [-0.1, -0.05) is 37.1 Å². The van der Waals surface area contributed by atoms with E-state index >= 15 is 0 Å². The lowest BCUT2D eigenvalue weighted by molar-refractivity contribution is 0.0945. The van der Waals surface area contributed by atoms with E-state index in [0.29, 0.717) is 28.6 Å². The van der Waals surface area contributed by atoms with Crippen LogP contribution in [0, 0.1) is 0 Å². The van der Waals surface area contributed by atoms with Gasteiger partial charge in [0.2, 0.25) is 0 Å². The Labute approximate surface area is 162 Å². The number of methoxy groups -OCH3 is 1. The SMILES string of the molecule is CCCCOc1ccc(C(=O)n2nc(OC)nc2-c2cccc(Cl)c2)cc1. The molecule has 1 aromatic heterocycles. The molecule has 0 saturated heterocycles. The third-order valence-corrected chi connectivity index (χ3v) is 4.15. The van der Waals surface area contributed by atoms with Gasteiger partial charge in [0.05, 0.1) is 13.7 Å². The second-order valence-electron chi connectivity index (χ2n) is 5.88. The van der Waals surface area contributed by atoms with Gasteiger partial charge in [-0.3, -0.25) is 4.79 Å². The van der Waals surface area contributed by atoms with E-state index in [0.717, 1.165) is 18.6 Å². The first-order valence-electron chi connectivity index (χ1n) is 8.67. The van der Waals surface area contributed by atoms with Gasteiger partial charge in [-0.15, -0.1) is 5.10 Å². The number of halogens is 1. The summed E-state index contributed by atoms with van der Waals surface area (Å²) in [6.45, 7) is 2.76. The number of unbranched alkanes of at least 4 members (excludes halogenated alkanes) is 1. The second-order valence-corrected chi connectivity index (χ2v) is 6.31. The van der Waals surface area contributed by atoms with Crippen LogP contribution in [0.15, 0.2) is 48.5 Å². The largest absolute Gasteiger partial charge is 0.494 e. The third-order valence-electron chi connectivity index (χ3n) is 3.91. The molecule has 2 aromatic carbocycles. The molecule has 0 aliphatic carbocycles. The smallest absolute Gasteiger partial charge is 0.336 e. The summed E-state index contributed by atoms with van der Waals surface area (Å²) in [6, 6.07) is 14.1. The maximum absolute atomic E-state index is 13.0. The second kappa shape index (κ2) is 8.68. The number of carbonyl (C=O) groups excluding carboxylic acids is 1. The van der Waals surface area contributed by atoms with E-state index in [-0.39, 0.29) is 11.9 Å². The van der Waals surface area contributed by atoms with Crippen molar-refractivity contribution < 1.29 is 14.3 Å². The van der Waals surface area contributed by atoms with Gasteiger partial charge in [-0.2, -0.15) is 9.67 Å². The molecule has 0 aliphatic rings. The molecule has 3 aromatic rings. The van der Waals surface area contributed by atoms with E-state index < -0.39 is 0 Å². The van der Waals surface area contributed by atoms with Gasteiger partial charge in [0.25, 0.3) is 5.91 Å². The topological polar surface area (TPSA) is 66.2 Å². The summed E-state index contributed by atoms with van der Waals surface area (Å²) in [5.74, 6) is 0.773. The van der Waals surface area contributed by atoms with Crippen LogP contribution in [0.4, 0.5) is 0 Å². The summed E-state index contributed by atoms with van der Waals surface area (Å²) < 4.78 is 12.0. The summed E-state index contributed by atoms with van der Waals surface area (Å²) in [6.07, 6.45) is 2.05. The van der Waals surface area contributed by atoms with Crippen molar-refractivity contribution in [3.63, 3.8) is 0 Å². The van der Waals surface area contributed by atoms with Gasteiger partial charge >= 0.3 is 6.01 Å². The maximum atomic E-state index is 13.0. The zero-order valence-electron chi connectivity index (χ0n) is 15.2. The summed E-state index contributed by atoms with van der Waals surface area (Å²) in [7, 11) is 1.45. The molecule has 0 amide bonds. The molecule has 0 radical (unpaired) electrons. The molecular formula is C20H20ClN3O3. The van der Waals surface area contributed by atoms with Crippen LogP contribution in [0.2, 0.25) is 5.02 Å². The highest BCUT2D eigenvalue weighted by Crippen LogP contribution is 2.24. The number of nitrogens with zero attached hydrogens (tertiary/aromatic N) is 3. The molecule has 0 bridgehead atoms. The van der Waals surface area contributed by atoms with Gasteiger partial charge in [0.1, 0.15) is 5.75 Å². The molecule has 0 N–H and O–H groups in total. The third kappa shape index (κ3) is 4.46. The van der Waals surface area contributed by atoms with Gasteiger partial charge in [-0.25, -0.2) is 0 Å². The molecule has 0 spiro atoms. The normalized spacial score (nSPS) is 10.6. The fourth-order valence-electron chi connectivity index (χ4n) is 2.49. The molecule has 3 rings (SSSR count). The highest BCUT2D eigenvalue weighted by Gasteiger charge is 2.20. The Bertz CT molecular complexity index is 922. The average molecular weight is 386 g/mol. The summed E-state index contributed by atoms with van der Waals surface area (Å²) in [4.78, 5) is 17.2. The highest BCUT2D eigenvalue weighted by atomic mass is 35.5. The Morgan fingerprint density at radius 1 is 1.19 bits per heavy atom. The minimum Gasteiger partial charge on any atom is -0.494 e. The number of hydrogen-bond donors (Lipinski definition) is 0. The maximum Gasteiger partial charge on any atom is 0.336 e. The lowest BCUT2D eigenvalue weighted by atomic mass is 10.2. The Hall–Kier alpha value is -2.86. The first-order chi connectivity index (χ1) is 13.1. The molecule has 0 fully saturated rings. The Morgan fingerprint density at radius 2 is 1.96 bits per heavy atom. The van der Waals surface area contributed by atoms with E-state index in [2.05, 4.69) is 17.0 Å². The fourth-order valence-corrected chi connectivity index (χ4v) is 2.68. The van der Waals surface area contributed by atoms with Crippen molar-refractivity contribution in [1.29, 1.82) is 0 Å². The summed E-state index contributed by atoms with van der Waals surface area (Å²) in [5.41, 5.74) is 1.14. The molecule has 27 heavy (non-hydrogen) atoms. The fraction of sp³-hybridized carbons (Fsp3) is 0.250. The van der Waals surface area contributed by atoms with E-state index in [1.54, 1.807) is 42.5 Å². The van der Waals surface area contributed by atoms with E-state index in [4.69, 9.17) is 21.1 Å². The van der Waals surface area contributed by atoms with Crippen LogP contribution in [0.3, 0.4) is 0 Å². The van der Waals surface area contributed by atoms with Crippen LogP contribution in [0.25, 0.3) is 11.4 Å². The Morgan fingerprint density at radius 3 is 2.63 bits per heavy atom. The van der Waals surface area contributed by atoms with Crippen molar-refractivity contribution in [3.8, 4) is 23.1 Å². The number of hydrogen-bond acceptors (Lipinski definition) is 5. The lowest BCUT2D eigenvalue weighted by Gasteiger charge is -2.07. The van der Waals surface area contributed by atoms with Crippen molar-refractivity contribution in [2.45, 2.75) is 19.8 Å². The van der Waals surface area contributed by atoms with Gasteiger partial charge in [-0.05, 0) is 42.8 Å². The van der Waals surface area contributed by atoms with Crippen molar-refractivity contribution >= 4 is 17.5 Å². The molecule has 0 aliphatic heterocycles. The van der Waals surface area contributed by atoms with Crippen LogP contribution in [-0.4, -0.2) is 34.4 Å². The zero-order valence-corrected chi connectivity index (χ0v) is 15.9. The highest BCUT2D eigenvalue weighted by molar-refractivity contribution is 6.30. The predicted octanol–water partition coefficient (Wildman–Crippen LogP) is 4.47. The number of carbonyl (C=O) groups is 1. The quantitative estimate of drug-likeness (QED) is 0.561. The molecule has 6 nitrogen and oxygen atoms in total. The van der Waals surface area contributed by atoms with Gasteiger partial charge in [0.15, 0.2) is 5.82 Å². The number of rotatable bonds is 7. The predicted molar refractivity (Wildman–Crippen MR) is 104 cm³/mol. The van der Waals surface area contributed by atoms with Crippen molar-refractivity contribution in [1.82, 2.24) is 14.8 Å². The first kappa shape index (κ1) is 18.9. The standard InChI is InChI=1S/C20H20ClN3O3/c1-3-4-12-27-17-10-8-14(9-11-17)19(25)24-18(22-20(23-24)26-2)15-6-5-7-16(21)13-15/h5-11,13H,3-4,12H2,1-2H3. The molecule has 140 valence electrons. The monoisotopic (exact) mass is 385 g/mol. The molecular weight excluding hydrogens is 366 g/mol. The van der Waals surface area contributed by atoms with Gasteiger partial charge < -0.3 is 9.47 Å². The Kier molecular flexibility index (Phi) is 6.08. The van der Waals surface area contributed by atoms with Crippen LogP contribution >= 0.6 is 11.6 Å². The molecule has 0 saturated carbocycles. The average Bonchev–Trinajstić information content (AvgIpc) is 3.13. The molecule has 7 heteroatoms. The van der Waals surface area contributed by atoms with Crippen molar-refractivity contribution in [2.75, 3.05) is 13.7 Å². The summed E-state index contributed by atoms with van der Waals surface area (Å²) >= 11 is 6.07. The summed E-state index contributed by atoms with van der Waals surface area (Å²) in [5, 5.41) is 4.70. The van der Waals surface area contributed by atoms with Crippen molar-refractivity contribution in [2.24, 2.45) is 0 Å².